The van der Waals surface area contributed by atoms with E-state index in [9.17, 15) is 0 Å². The number of nitrogen functional groups attached to an aromatic ring is 1. The van der Waals surface area contributed by atoms with Gasteiger partial charge >= 0.3 is 0 Å². The number of nitrogens with two attached hydrogens (primary N) is 1. The van der Waals surface area contributed by atoms with Crippen molar-refractivity contribution in [2.45, 2.75) is 57.8 Å². The van der Waals surface area contributed by atoms with Gasteiger partial charge in [-0.15, -0.1) is 0 Å². The van der Waals surface area contributed by atoms with Crippen LogP contribution < -0.4 is 5.73 Å². The summed E-state index contributed by atoms with van der Waals surface area (Å²) in [5.41, 5.74) is 9.33. The van der Waals surface area contributed by atoms with Gasteiger partial charge in [0.2, 0.25) is 0 Å². The van der Waals surface area contributed by atoms with Gasteiger partial charge in [-0.3, -0.25) is 4.98 Å². The van der Waals surface area contributed by atoms with Crippen molar-refractivity contribution in [1.82, 2.24) is 4.98 Å². The number of pyridine rings is 1. The summed E-state index contributed by atoms with van der Waals surface area (Å²) < 4.78 is 0. The van der Waals surface area contributed by atoms with Crippen molar-refractivity contribution in [2.24, 2.45) is 0 Å². The molecule has 88 valence electrons. The van der Waals surface area contributed by atoms with E-state index in [0.717, 1.165) is 11.4 Å². The van der Waals surface area contributed by atoms with Gasteiger partial charge in [-0.2, -0.15) is 0 Å². The van der Waals surface area contributed by atoms with E-state index in [-0.39, 0.29) is 0 Å². The summed E-state index contributed by atoms with van der Waals surface area (Å²) in [5.74, 6) is 1.12. The SMILES string of the molecule is CC(C)c1ncc(C2CCCCC2)cc1N. The Hall–Kier alpha value is -1.05. The van der Waals surface area contributed by atoms with Crippen molar-refractivity contribution in [3.63, 3.8) is 0 Å². The van der Waals surface area contributed by atoms with Gasteiger partial charge in [-0.05, 0) is 36.3 Å². The second-order valence-electron chi connectivity index (χ2n) is 5.23. The fourth-order valence-electron chi connectivity index (χ4n) is 2.65. The lowest BCUT2D eigenvalue weighted by Gasteiger charge is -2.22. The molecule has 0 aromatic carbocycles. The molecule has 2 nitrogen and oxygen atoms in total. The van der Waals surface area contributed by atoms with Gasteiger partial charge in [0.1, 0.15) is 0 Å². The molecule has 1 aromatic rings. The first-order valence-corrected chi connectivity index (χ1v) is 6.44. The molecule has 0 bridgehead atoms. The molecule has 0 saturated heterocycles. The summed E-state index contributed by atoms with van der Waals surface area (Å²) >= 11 is 0. The molecule has 0 amide bonds. The van der Waals surface area contributed by atoms with Crippen LogP contribution in [0.15, 0.2) is 12.3 Å². The molecule has 1 saturated carbocycles. The number of hydrogen-bond donors (Lipinski definition) is 1. The van der Waals surface area contributed by atoms with Gasteiger partial charge in [0, 0.05) is 6.20 Å². The van der Waals surface area contributed by atoms with E-state index in [1.54, 1.807) is 0 Å². The first-order chi connectivity index (χ1) is 7.68. The molecule has 1 aliphatic carbocycles. The Morgan fingerprint density at radius 3 is 2.50 bits per heavy atom. The first kappa shape index (κ1) is 11.4. The first-order valence-electron chi connectivity index (χ1n) is 6.44. The second kappa shape index (κ2) is 4.86. The largest absolute Gasteiger partial charge is 0.397 e. The van der Waals surface area contributed by atoms with Gasteiger partial charge < -0.3 is 5.73 Å². The van der Waals surface area contributed by atoms with Crippen LogP contribution in [0.25, 0.3) is 0 Å². The van der Waals surface area contributed by atoms with Crippen LogP contribution in [0.3, 0.4) is 0 Å². The normalized spacial score (nSPS) is 17.9. The molecule has 2 heteroatoms. The van der Waals surface area contributed by atoms with Gasteiger partial charge in [0.15, 0.2) is 0 Å². The molecule has 1 aromatic heterocycles. The van der Waals surface area contributed by atoms with E-state index < -0.39 is 0 Å². The van der Waals surface area contributed by atoms with Crippen molar-refractivity contribution in [3.8, 4) is 0 Å². The Morgan fingerprint density at radius 2 is 1.94 bits per heavy atom. The lowest BCUT2D eigenvalue weighted by atomic mass is 9.84. The van der Waals surface area contributed by atoms with Crippen molar-refractivity contribution < 1.29 is 0 Å². The third-order valence-corrected chi connectivity index (χ3v) is 3.59. The monoisotopic (exact) mass is 218 g/mol. The number of rotatable bonds is 2. The van der Waals surface area contributed by atoms with Crippen LogP contribution in [-0.4, -0.2) is 4.98 Å². The molecular formula is C14H22N2. The zero-order valence-corrected chi connectivity index (χ0v) is 10.4. The molecule has 1 aliphatic rings. The van der Waals surface area contributed by atoms with E-state index >= 15 is 0 Å². The van der Waals surface area contributed by atoms with Gasteiger partial charge in [-0.25, -0.2) is 0 Å². The fourth-order valence-corrected chi connectivity index (χ4v) is 2.65. The van der Waals surface area contributed by atoms with Crippen molar-refractivity contribution in [2.75, 3.05) is 5.73 Å². The predicted octanol–water partition coefficient (Wildman–Crippen LogP) is 3.83. The summed E-state index contributed by atoms with van der Waals surface area (Å²) in [6, 6.07) is 2.15. The lowest BCUT2D eigenvalue weighted by molar-refractivity contribution is 0.443. The molecule has 0 aliphatic heterocycles. The Balaban J connectivity index is 2.19. The smallest absolute Gasteiger partial charge is 0.0658 e. The summed E-state index contributed by atoms with van der Waals surface area (Å²) in [5, 5.41) is 0. The minimum atomic E-state index is 0.417. The van der Waals surface area contributed by atoms with Gasteiger partial charge in [0.25, 0.3) is 0 Å². The summed E-state index contributed by atoms with van der Waals surface area (Å²) in [6.45, 7) is 4.28. The maximum atomic E-state index is 6.07. The third kappa shape index (κ3) is 2.37. The second-order valence-corrected chi connectivity index (χ2v) is 5.23. The minimum Gasteiger partial charge on any atom is -0.397 e. The highest BCUT2D eigenvalue weighted by molar-refractivity contribution is 5.47. The molecule has 0 spiro atoms. The highest BCUT2D eigenvalue weighted by atomic mass is 14.7. The zero-order valence-electron chi connectivity index (χ0n) is 10.4. The topological polar surface area (TPSA) is 38.9 Å². The van der Waals surface area contributed by atoms with Crippen LogP contribution in [0.4, 0.5) is 5.69 Å². The Morgan fingerprint density at radius 1 is 1.25 bits per heavy atom. The molecule has 2 N–H and O–H groups in total. The highest BCUT2D eigenvalue weighted by Gasteiger charge is 2.17. The maximum Gasteiger partial charge on any atom is 0.0658 e. The number of aromatic nitrogens is 1. The van der Waals surface area contributed by atoms with E-state index in [4.69, 9.17) is 5.73 Å². The van der Waals surface area contributed by atoms with Crippen molar-refractivity contribution in [3.05, 3.63) is 23.5 Å². The number of hydrogen-bond acceptors (Lipinski definition) is 2. The summed E-state index contributed by atoms with van der Waals surface area (Å²) in [4.78, 5) is 4.53. The molecule has 16 heavy (non-hydrogen) atoms. The average molecular weight is 218 g/mol. The quantitative estimate of drug-likeness (QED) is 0.819. The van der Waals surface area contributed by atoms with Crippen molar-refractivity contribution in [1.29, 1.82) is 0 Å². The fraction of sp³-hybridized carbons (Fsp3) is 0.643. The number of anilines is 1. The average Bonchev–Trinajstić information content (AvgIpc) is 2.29. The molecule has 0 atom stereocenters. The standard InChI is InChI=1S/C14H22N2/c1-10(2)14-13(15)8-12(9-16-14)11-6-4-3-5-7-11/h8-11H,3-7,15H2,1-2H3. The van der Waals surface area contributed by atoms with Crippen LogP contribution in [0.1, 0.15) is 69.0 Å². The van der Waals surface area contributed by atoms with E-state index in [2.05, 4.69) is 24.9 Å². The molecule has 0 unspecified atom stereocenters. The summed E-state index contributed by atoms with van der Waals surface area (Å²) in [6.07, 6.45) is 8.77. The third-order valence-electron chi connectivity index (χ3n) is 3.59. The Bertz CT molecular complexity index is 352. The van der Waals surface area contributed by atoms with E-state index in [1.165, 1.54) is 37.7 Å². The van der Waals surface area contributed by atoms with Crippen LogP contribution in [0, 0.1) is 0 Å². The summed E-state index contributed by atoms with van der Waals surface area (Å²) in [7, 11) is 0. The van der Waals surface area contributed by atoms with Crippen molar-refractivity contribution >= 4 is 5.69 Å². The predicted molar refractivity (Wildman–Crippen MR) is 68.6 cm³/mol. The van der Waals surface area contributed by atoms with Gasteiger partial charge in [0.05, 0.1) is 11.4 Å². The number of nitrogens with zero attached hydrogens (tertiary/aromatic N) is 1. The molecule has 1 fully saturated rings. The van der Waals surface area contributed by atoms with Crippen LogP contribution in [0.5, 0.6) is 0 Å². The van der Waals surface area contributed by atoms with E-state index in [0.29, 0.717) is 11.8 Å². The molecule has 0 radical (unpaired) electrons. The Labute approximate surface area is 98.3 Å². The van der Waals surface area contributed by atoms with E-state index in [1.807, 2.05) is 6.20 Å². The lowest BCUT2D eigenvalue weighted by Crippen LogP contribution is -2.07. The molecule has 2 rings (SSSR count). The van der Waals surface area contributed by atoms with Gasteiger partial charge in [-0.1, -0.05) is 33.1 Å². The maximum absolute atomic E-state index is 6.07. The molecule has 1 heterocycles. The molecular weight excluding hydrogens is 196 g/mol. The Kier molecular flexibility index (Phi) is 3.47. The van der Waals surface area contributed by atoms with Crippen LogP contribution >= 0.6 is 0 Å². The van der Waals surface area contributed by atoms with Crippen LogP contribution in [0.2, 0.25) is 0 Å². The highest BCUT2D eigenvalue weighted by Crippen LogP contribution is 2.34. The zero-order chi connectivity index (χ0) is 11.5. The minimum absolute atomic E-state index is 0.417. The van der Waals surface area contributed by atoms with Crippen LogP contribution in [-0.2, 0) is 0 Å².